The van der Waals surface area contributed by atoms with E-state index in [9.17, 15) is 0 Å². The predicted molar refractivity (Wildman–Crippen MR) is 74.3 cm³/mol. The molecule has 0 spiro atoms. The summed E-state index contributed by atoms with van der Waals surface area (Å²) in [6.07, 6.45) is 0. The van der Waals surface area contributed by atoms with E-state index in [1.54, 1.807) is 0 Å². The van der Waals surface area contributed by atoms with Gasteiger partial charge in [-0.25, -0.2) is 0 Å². The Morgan fingerprint density at radius 1 is 1.06 bits per heavy atom. The fourth-order valence-electron chi connectivity index (χ4n) is 2.21. The zero-order valence-corrected chi connectivity index (χ0v) is 11.1. The molecule has 0 radical (unpaired) electrons. The standard InChI is InChI=1S/C14H12BrNO/c1-2-17-16-12-8-4-3-6-10(12)14-11(15)7-5-9-13(14)16/h3-9H,2H2,1H3. The van der Waals surface area contributed by atoms with Crippen molar-refractivity contribution >= 4 is 37.7 Å². The van der Waals surface area contributed by atoms with E-state index < -0.39 is 0 Å². The molecule has 17 heavy (non-hydrogen) atoms. The van der Waals surface area contributed by atoms with Gasteiger partial charge < -0.3 is 4.84 Å². The number of nitrogens with zero attached hydrogens (tertiary/aromatic N) is 1. The maximum Gasteiger partial charge on any atom is 0.112 e. The van der Waals surface area contributed by atoms with Gasteiger partial charge in [-0.2, -0.15) is 4.73 Å². The molecule has 0 fully saturated rings. The van der Waals surface area contributed by atoms with Crippen LogP contribution in [0.3, 0.4) is 0 Å². The third-order valence-electron chi connectivity index (χ3n) is 2.86. The summed E-state index contributed by atoms with van der Waals surface area (Å²) in [6, 6.07) is 14.5. The highest BCUT2D eigenvalue weighted by Crippen LogP contribution is 2.33. The second-order valence-electron chi connectivity index (χ2n) is 3.86. The Morgan fingerprint density at radius 3 is 2.65 bits per heavy atom. The average Bonchev–Trinajstić information content (AvgIpc) is 2.66. The molecule has 0 unspecified atom stereocenters. The summed E-state index contributed by atoms with van der Waals surface area (Å²) in [7, 11) is 0. The largest absolute Gasteiger partial charge is 0.414 e. The molecule has 86 valence electrons. The van der Waals surface area contributed by atoms with Gasteiger partial charge in [0.2, 0.25) is 0 Å². The van der Waals surface area contributed by atoms with Gasteiger partial charge in [0, 0.05) is 15.2 Å². The molecule has 0 N–H and O–H groups in total. The van der Waals surface area contributed by atoms with Crippen LogP contribution in [0.1, 0.15) is 6.92 Å². The molecule has 0 aliphatic heterocycles. The SMILES string of the molecule is CCOn1c2ccccc2c2c(Br)cccc21. The minimum atomic E-state index is 0.653. The molecule has 2 nitrogen and oxygen atoms in total. The zero-order chi connectivity index (χ0) is 11.8. The normalized spacial score (nSPS) is 11.2. The van der Waals surface area contributed by atoms with E-state index in [-0.39, 0.29) is 0 Å². The molecule has 0 aliphatic rings. The smallest absolute Gasteiger partial charge is 0.112 e. The van der Waals surface area contributed by atoms with E-state index in [1.165, 1.54) is 10.8 Å². The first-order valence-corrected chi connectivity index (χ1v) is 6.43. The lowest BCUT2D eigenvalue weighted by Crippen LogP contribution is -2.09. The van der Waals surface area contributed by atoms with Gasteiger partial charge in [-0.3, -0.25) is 0 Å². The predicted octanol–water partition coefficient (Wildman–Crippen LogP) is 4.01. The van der Waals surface area contributed by atoms with Gasteiger partial charge in [-0.15, -0.1) is 0 Å². The average molecular weight is 290 g/mol. The lowest BCUT2D eigenvalue weighted by molar-refractivity contribution is 0.142. The van der Waals surface area contributed by atoms with Gasteiger partial charge in [0.1, 0.15) is 6.61 Å². The molecule has 0 saturated carbocycles. The maximum absolute atomic E-state index is 5.72. The maximum atomic E-state index is 5.72. The second-order valence-corrected chi connectivity index (χ2v) is 4.72. The number of aromatic nitrogens is 1. The van der Waals surface area contributed by atoms with Gasteiger partial charge in [-0.05, 0) is 25.1 Å². The fraction of sp³-hybridized carbons (Fsp3) is 0.143. The first kappa shape index (κ1) is 10.7. The molecule has 2 aromatic carbocycles. The molecule has 3 heteroatoms. The number of halogens is 1. The molecular weight excluding hydrogens is 278 g/mol. The van der Waals surface area contributed by atoms with Gasteiger partial charge in [-0.1, -0.05) is 40.2 Å². The fourth-order valence-corrected chi connectivity index (χ4v) is 2.78. The molecule has 1 aromatic heterocycles. The number of rotatable bonds is 2. The van der Waals surface area contributed by atoms with Crippen molar-refractivity contribution in [2.24, 2.45) is 0 Å². The Kier molecular flexibility index (Phi) is 2.56. The van der Waals surface area contributed by atoms with Crippen LogP contribution in [0.5, 0.6) is 0 Å². The number of benzene rings is 2. The van der Waals surface area contributed by atoms with Crippen LogP contribution in [0.2, 0.25) is 0 Å². The van der Waals surface area contributed by atoms with Crippen molar-refractivity contribution in [2.45, 2.75) is 6.92 Å². The van der Waals surface area contributed by atoms with Crippen LogP contribution in [0, 0.1) is 0 Å². The molecule has 0 atom stereocenters. The van der Waals surface area contributed by atoms with Crippen LogP contribution >= 0.6 is 15.9 Å². The minimum absolute atomic E-state index is 0.653. The molecule has 1 heterocycles. The van der Waals surface area contributed by atoms with Gasteiger partial charge >= 0.3 is 0 Å². The first-order chi connectivity index (χ1) is 8.33. The highest BCUT2D eigenvalue weighted by molar-refractivity contribution is 9.10. The number of para-hydroxylation sites is 1. The molecule has 0 amide bonds. The molecule has 0 saturated heterocycles. The van der Waals surface area contributed by atoms with Crippen molar-refractivity contribution in [3.05, 3.63) is 46.9 Å². The Labute approximate surface area is 108 Å². The van der Waals surface area contributed by atoms with Gasteiger partial charge in [0.15, 0.2) is 0 Å². The first-order valence-electron chi connectivity index (χ1n) is 5.64. The molecule has 0 aliphatic carbocycles. The van der Waals surface area contributed by atoms with Crippen LogP contribution in [-0.4, -0.2) is 11.3 Å². The van der Waals surface area contributed by atoms with E-state index >= 15 is 0 Å². The third kappa shape index (κ3) is 1.53. The molecular formula is C14H12BrNO. The van der Waals surface area contributed by atoms with E-state index in [2.05, 4.69) is 46.3 Å². The topological polar surface area (TPSA) is 14.2 Å². The third-order valence-corrected chi connectivity index (χ3v) is 3.52. The van der Waals surface area contributed by atoms with Gasteiger partial charge in [0.25, 0.3) is 0 Å². The van der Waals surface area contributed by atoms with Crippen LogP contribution in [0.25, 0.3) is 21.8 Å². The van der Waals surface area contributed by atoms with E-state index in [1.807, 2.05) is 23.8 Å². The Bertz CT molecular complexity index is 687. The zero-order valence-electron chi connectivity index (χ0n) is 9.48. The summed E-state index contributed by atoms with van der Waals surface area (Å²) in [5.41, 5.74) is 2.21. The summed E-state index contributed by atoms with van der Waals surface area (Å²) in [6.45, 7) is 2.65. The highest BCUT2D eigenvalue weighted by Gasteiger charge is 2.12. The van der Waals surface area contributed by atoms with Crippen molar-refractivity contribution in [1.29, 1.82) is 0 Å². The summed E-state index contributed by atoms with van der Waals surface area (Å²) < 4.78 is 3.01. The Balaban J connectivity index is 2.53. The van der Waals surface area contributed by atoms with Gasteiger partial charge in [0.05, 0.1) is 11.0 Å². The Hall–Kier alpha value is -1.48. The van der Waals surface area contributed by atoms with Crippen molar-refractivity contribution in [2.75, 3.05) is 6.61 Å². The summed E-state index contributed by atoms with van der Waals surface area (Å²) >= 11 is 3.61. The number of hydrogen-bond donors (Lipinski definition) is 0. The van der Waals surface area contributed by atoms with Crippen LogP contribution in [0.4, 0.5) is 0 Å². The quantitative estimate of drug-likeness (QED) is 0.695. The van der Waals surface area contributed by atoms with Crippen molar-refractivity contribution in [3.63, 3.8) is 0 Å². The molecule has 3 aromatic rings. The molecule has 0 bridgehead atoms. The lowest BCUT2D eigenvalue weighted by atomic mass is 10.2. The summed E-state index contributed by atoms with van der Waals surface area (Å²) in [5, 5.41) is 2.42. The lowest BCUT2D eigenvalue weighted by Gasteiger charge is -2.06. The number of fused-ring (bicyclic) bond motifs is 3. The summed E-state index contributed by atoms with van der Waals surface area (Å²) in [5.74, 6) is 0. The molecule has 3 rings (SSSR count). The summed E-state index contributed by atoms with van der Waals surface area (Å²) in [4.78, 5) is 5.72. The van der Waals surface area contributed by atoms with E-state index in [0.717, 1.165) is 15.5 Å². The second kappa shape index (κ2) is 4.08. The van der Waals surface area contributed by atoms with Crippen molar-refractivity contribution < 1.29 is 4.84 Å². The van der Waals surface area contributed by atoms with E-state index in [0.29, 0.717) is 6.61 Å². The number of hydrogen-bond acceptors (Lipinski definition) is 1. The minimum Gasteiger partial charge on any atom is -0.414 e. The van der Waals surface area contributed by atoms with Crippen molar-refractivity contribution in [1.82, 2.24) is 4.73 Å². The van der Waals surface area contributed by atoms with Crippen LogP contribution in [0.15, 0.2) is 46.9 Å². The Morgan fingerprint density at radius 2 is 1.82 bits per heavy atom. The van der Waals surface area contributed by atoms with Crippen molar-refractivity contribution in [3.8, 4) is 0 Å². The monoisotopic (exact) mass is 289 g/mol. The van der Waals surface area contributed by atoms with Crippen LogP contribution < -0.4 is 4.84 Å². The van der Waals surface area contributed by atoms with E-state index in [4.69, 9.17) is 4.84 Å². The van der Waals surface area contributed by atoms with Crippen LogP contribution in [-0.2, 0) is 0 Å². The highest BCUT2D eigenvalue weighted by atomic mass is 79.9.